The van der Waals surface area contributed by atoms with E-state index in [2.05, 4.69) is 36.6 Å². The van der Waals surface area contributed by atoms with Gasteiger partial charge >= 0.3 is 0 Å². The Labute approximate surface area is 182 Å². The van der Waals surface area contributed by atoms with E-state index >= 15 is 0 Å². The van der Waals surface area contributed by atoms with Crippen molar-refractivity contribution in [3.8, 4) is 11.5 Å². The monoisotopic (exact) mass is 420 g/mol. The lowest BCUT2D eigenvalue weighted by atomic mass is 10.1. The molecule has 162 valence electrons. The highest BCUT2D eigenvalue weighted by Crippen LogP contribution is 2.24. The predicted octanol–water partition coefficient (Wildman–Crippen LogP) is 5.19. The van der Waals surface area contributed by atoms with Gasteiger partial charge in [0, 0.05) is 24.2 Å². The van der Waals surface area contributed by atoms with Crippen LogP contribution in [0.15, 0.2) is 24.3 Å². The molecule has 0 saturated heterocycles. The van der Waals surface area contributed by atoms with Crippen molar-refractivity contribution < 1.29 is 10.2 Å². The molecule has 0 bridgehead atoms. The topological polar surface area (TPSA) is 64.5 Å². The largest absolute Gasteiger partial charge is 0.507 e. The summed E-state index contributed by atoms with van der Waals surface area (Å²) in [7, 11) is 0. The van der Waals surface area contributed by atoms with Crippen LogP contribution in [-0.2, 0) is 13.1 Å². The molecule has 0 aliphatic rings. The van der Waals surface area contributed by atoms with Gasteiger partial charge in [0.25, 0.3) is 0 Å². The van der Waals surface area contributed by atoms with Crippen LogP contribution in [0.4, 0.5) is 0 Å². The Balaban J connectivity index is 0.00000420. The molecule has 2 rings (SSSR count). The molecule has 0 saturated carbocycles. The number of phenolic OH excluding ortho intramolecular Hbond substituents is 2. The third-order valence-corrected chi connectivity index (χ3v) is 5.14. The van der Waals surface area contributed by atoms with Gasteiger partial charge in [-0.1, -0.05) is 48.2 Å². The molecule has 4 nitrogen and oxygen atoms in total. The SMILES string of the molecule is Cc1cc(C)c(O)c(CNCCCCCCNCc2cc(C)cc(C)c2O)c1.Cl. The number of aryl methyl sites for hydroxylation is 4. The number of aromatic hydroxyl groups is 2. The Morgan fingerprint density at radius 1 is 0.621 bits per heavy atom. The highest BCUT2D eigenvalue weighted by atomic mass is 35.5. The van der Waals surface area contributed by atoms with Crippen molar-refractivity contribution in [2.75, 3.05) is 13.1 Å². The maximum absolute atomic E-state index is 10.1. The summed E-state index contributed by atoms with van der Waals surface area (Å²) in [6.07, 6.45) is 4.68. The summed E-state index contributed by atoms with van der Waals surface area (Å²) in [5.41, 5.74) is 6.23. The standard InChI is InChI=1S/C24H36N2O2.ClH/c1-17-11-19(3)23(27)21(13-17)15-25-9-7-5-6-8-10-26-16-22-14-18(2)12-20(4)24(22)28;/h11-14,25-28H,5-10,15-16H2,1-4H3;1H. The highest BCUT2D eigenvalue weighted by Gasteiger charge is 2.06. The second-order valence-electron chi connectivity index (χ2n) is 7.95. The summed E-state index contributed by atoms with van der Waals surface area (Å²) in [5, 5.41) is 27.1. The zero-order chi connectivity index (χ0) is 20.5. The van der Waals surface area contributed by atoms with Gasteiger partial charge in [-0.25, -0.2) is 0 Å². The van der Waals surface area contributed by atoms with Gasteiger partial charge in [-0.15, -0.1) is 12.4 Å². The van der Waals surface area contributed by atoms with Gasteiger partial charge in [-0.05, 0) is 64.8 Å². The second-order valence-corrected chi connectivity index (χ2v) is 7.95. The minimum atomic E-state index is 0. The molecule has 0 spiro atoms. The number of hydrogen-bond donors (Lipinski definition) is 4. The van der Waals surface area contributed by atoms with Gasteiger partial charge in [0.05, 0.1) is 0 Å². The van der Waals surface area contributed by atoms with Crippen molar-refractivity contribution in [3.63, 3.8) is 0 Å². The summed E-state index contributed by atoms with van der Waals surface area (Å²) >= 11 is 0. The Bertz CT molecular complexity index is 712. The first-order chi connectivity index (χ1) is 13.4. The van der Waals surface area contributed by atoms with E-state index in [4.69, 9.17) is 0 Å². The zero-order valence-electron chi connectivity index (χ0n) is 18.3. The van der Waals surface area contributed by atoms with Crippen LogP contribution in [0.5, 0.6) is 11.5 Å². The molecule has 0 radical (unpaired) electrons. The molecule has 0 unspecified atom stereocenters. The molecule has 0 atom stereocenters. The van der Waals surface area contributed by atoms with Crippen LogP contribution in [0.25, 0.3) is 0 Å². The lowest BCUT2D eigenvalue weighted by Crippen LogP contribution is -2.16. The molecular formula is C24H37ClN2O2. The molecule has 0 aliphatic heterocycles. The number of rotatable bonds is 11. The van der Waals surface area contributed by atoms with E-state index in [1.54, 1.807) is 0 Å². The van der Waals surface area contributed by atoms with Crippen molar-refractivity contribution in [2.45, 2.75) is 66.5 Å². The van der Waals surface area contributed by atoms with Crippen LogP contribution in [0.3, 0.4) is 0 Å². The first-order valence-electron chi connectivity index (χ1n) is 10.4. The van der Waals surface area contributed by atoms with Gasteiger partial charge in [-0.2, -0.15) is 0 Å². The number of hydrogen-bond acceptors (Lipinski definition) is 4. The minimum Gasteiger partial charge on any atom is -0.507 e. The van der Waals surface area contributed by atoms with Crippen molar-refractivity contribution in [1.29, 1.82) is 0 Å². The summed E-state index contributed by atoms with van der Waals surface area (Å²) in [6, 6.07) is 8.12. The Morgan fingerprint density at radius 2 is 1.00 bits per heavy atom. The van der Waals surface area contributed by atoms with E-state index in [1.165, 1.54) is 24.0 Å². The molecular weight excluding hydrogens is 384 g/mol. The lowest BCUT2D eigenvalue weighted by Gasteiger charge is -2.11. The first-order valence-corrected chi connectivity index (χ1v) is 10.4. The zero-order valence-corrected chi connectivity index (χ0v) is 19.1. The third-order valence-electron chi connectivity index (χ3n) is 5.14. The number of nitrogens with one attached hydrogen (secondary N) is 2. The Kier molecular flexibility index (Phi) is 11.1. The highest BCUT2D eigenvalue weighted by molar-refractivity contribution is 5.85. The van der Waals surface area contributed by atoms with Crippen LogP contribution < -0.4 is 10.6 Å². The van der Waals surface area contributed by atoms with E-state index in [9.17, 15) is 10.2 Å². The summed E-state index contributed by atoms with van der Waals surface area (Å²) in [6.45, 7) is 11.4. The van der Waals surface area contributed by atoms with Crippen LogP contribution in [0.2, 0.25) is 0 Å². The van der Waals surface area contributed by atoms with Crippen molar-refractivity contribution >= 4 is 12.4 Å². The smallest absolute Gasteiger partial charge is 0.122 e. The molecule has 0 heterocycles. The van der Waals surface area contributed by atoms with Crippen LogP contribution >= 0.6 is 12.4 Å². The van der Waals surface area contributed by atoms with Crippen LogP contribution in [-0.4, -0.2) is 23.3 Å². The maximum Gasteiger partial charge on any atom is 0.122 e. The van der Waals surface area contributed by atoms with Crippen LogP contribution in [0.1, 0.15) is 59.1 Å². The molecule has 2 aromatic rings. The van der Waals surface area contributed by atoms with Gasteiger partial charge < -0.3 is 20.8 Å². The second kappa shape index (κ2) is 12.7. The molecule has 0 amide bonds. The molecule has 0 aliphatic carbocycles. The molecule has 4 N–H and O–H groups in total. The van der Waals surface area contributed by atoms with Gasteiger partial charge in [-0.3, -0.25) is 0 Å². The van der Waals surface area contributed by atoms with Gasteiger partial charge in [0.2, 0.25) is 0 Å². The molecule has 0 aromatic heterocycles. The number of phenols is 2. The minimum absolute atomic E-state index is 0. The molecule has 0 fully saturated rings. The van der Waals surface area contributed by atoms with Gasteiger partial charge in [0.15, 0.2) is 0 Å². The fourth-order valence-corrected chi connectivity index (χ4v) is 3.67. The quantitative estimate of drug-likeness (QED) is 0.377. The number of halogens is 1. The van der Waals surface area contributed by atoms with Crippen molar-refractivity contribution in [3.05, 3.63) is 57.6 Å². The van der Waals surface area contributed by atoms with E-state index in [1.807, 2.05) is 26.0 Å². The fraction of sp³-hybridized carbons (Fsp3) is 0.500. The van der Waals surface area contributed by atoms with E-state index in [0.717, 1.165) is 61.3 Å². The summed E-state index contributed by atoms with van der Waals surface area (Å²) in [5.74, 6) is 0.832. The first kappa shape index (κ1) is 25.3. The van der Waals surface area contributed by atoms with E-state index in [-0.39, 0.29) is 12.4 Å². The Morgan fingerprint density at radius 3 is 1.38 bits per heavy atom. The normalized spacial score (nSPS) is 10.8. The van der Waals surface area contributed by atoms with Crippen molar-refractivity contribution in [1.82, 2.24) is 10.6 Å². The number of unbranched alkanes of at least 4 members (excludes halogenated alkanes) is 3. The van der Waals surface area contributed by atoms with E-state index < -0.39 is 0 Å². The fourth-order valence-electron chi connectivity index (χ4n) is 3.67. The average Bonchev–Trinajstić information content (AvgIpc) is 2.64. The van der Waals surface area contributed by atoms with Gasteiger partial charge in [0.1, 0.15) is 11.5 Å². The number of benzene rings is 2. The third kappa shape index (κ3) is 8.25. The van der Waals surface area contributed by atoms with E-state index in [0.29, 0.717) is 11.5 Å². The summed E-state index contributed by atoms with van der Waals surface area (Å²) in [4.78, 5) is 0. The van der Waals surface area contributed by atoms with Crippen molar-refractivity contribution in [2.24, 2.45) is 0 Å². The van der Waals surface area contributed by atoms with Crippen LogP contribution in [0, 0.1) is 27.7 Å². The molecule has 2 aromatic carbocycles. The molecule has 29 heavy (non-hydrogen) atoms. The predicted molar refractivity (Wildman–Crippen MR) is 124 cm³/mol. The average molecular weight is 421 g/mol. The summed E-state index contributed by atoms with van der Waals surface area (Å²) < 4.78 is 0. The maximum atomic E-state index is 10.1. The Hall–Kier alpha value is -1.75. The molecule has 5 heteroatoms. The lowest BCUT2D eigenvalue weighted by molar-refractivity contribution is 0.457.